The smallest absolute Gasteiger partial charge is 0.252 e. The first-order valence-corrected chi connectivity index (χ1v) is 8.59. The fourth-order valence-electron chi connectivity index (χ4n) is 2.72. The number of rotatable bonds is 6. The zero-order valence-electron chi connectivity index (χ0n) is 12.8. The summed E-state index contributed by atoms with van der Waals surface area (Å²) in [6.07, 6.45) is 3.88. The van der Waals surface area contributed by atoms with Crippen LogP contribution in [0.5, 0.6) is 0 Å². The Bertz CT molecular complexity index is 529. The van der Waals surface area contributed by atoms with E-state index in [1.165, 1.54) is 4.90 Å². The van der Waals surface area contributed by atoms with Crippen LogP contribution in [-0.4, -0.2) is 35.1 Å². The number of imide groups is 1. The van der Waals surface area contributed by atoms with Gasteiger partial charge in [-0.05, 0) is 37.3 Å². The fourth-order valence-corrected chi connectivity index (χ4v) is 3.17. The van der Waals surface area contributed by atoms with E-state index in [9.17, 15) is 9.59 Å². The number of amides is 2. The number of likely N-dealkylation sites (tertiary alicyclic amines) is 1. The van der Waals surface area contributed by atoms with Gasteiger partial charge >= 0.3 is 0 Å². The Morgan fingerprint density at radius 3 is 2.67 bits per heavy atom. The number of nitrogens with zero attached hydrogens (tertiary/aromatic N) is 1. The molecule has 21 heavy (non-hydrogen) atoms. The monoisotopic (exact) mass is 306 g/mol. The van der Waals surface area contributed by atoms with Gasteiger partial charge in [0, 0.05) is 16.6 Å². The Labute approximate surface area is 130 Å². The first-order chi connectivity index (χ1) is 10.1. The summed E-state index contributed by atoms with van der Waals surface area (Å²) >= 11 is 1.65. The summed E-state index contributed by atoms with van der Waals surface area (Å²) in [5.74, 6) is -0.157. The number of nitrogens with one attached hydrogen (secondary N) is 1. The van der Waals surface area contributed by atoms with Crippen molar-refractivity contribution in [1.82, 2.24) is 4.90 Å². The van der Waals surface area contributed by atoms with Crippen LogP contribution in [0.1, 0.15) is 33.1 Å². The van der Waals surface area contributed by atoms with Gasteiger partial charge in [-0.25, -0.2) is 0 Å². The van der Waals surface area contributed by atoms with Crippen molar-refractivity contribution >= 4 is 29.3 Å². The molecule has 0 aromatic heterocycles. The van der Waals surface area contributed by atoms with Gasteiger partial charge in [0.2, 0.25) is 5.91 Å². The van der Waals surface area contributed by atoms with E-state index in [4.69, 9.17) is 0 Å². The Hall–Kier alpha value is -1.49. The highest BCUT2D eigenvalue weighted by molar-refractivity contribution is 7.98. The third-order valence-electron chi connectivity index (χ3n) is 3.90. The van der Waals surface area contributed by atoms with Gasteiger partial charge in [-0.3, -0.25) is 14.5 Å². The van der Waals surface area contributed by atoms with Crippen molar-refractivity contribution in [2.75, 3.05) is 11.6 Å². The lowest BCUT2D eigenvalue weighted by Gasteiger charge is -2.24. The van der Waals surface area contributed by atoms with E-state index in [1.54, 1.807) is 11.8 Å². The highest BCUT2D eigenvalue weighted by atomic mass is 32.2. The largest absolute Gasteiger partial charge is 0.373 e. The molecule has 0 radical (unpaired) electrons. The molecule has 1 atom stereocenters. The molecule has 114 valence electrons. The number of carbonyl (C=O) groups excluding carboxylic acids is 2. The molecule has 1 saturated heterocycles. The molecule has 0 bridgehead atoms. The predicted molar refractivity (Wildman–Crippen MR) is 86.5 cm³/mol. The average Bonchev–Trinajstić information content (AvgIpc) is 2.76. The van der Waals surface area contributed by atoms with E-state index in [2.05, 4.69) is 5.32 Å². The molecular formula is C16H22N2O2S. The third kappa shape index (κ3) is 3.40. The zero-order chi connectivity index (χ0) is 15.4. The Morgan fingerprint density at radius 2 is 2.05 bits per heavy atom. The molecular weight excluding hydrogens is 284 g/mol. The van der Waals surface area contributed by atoms with E-state index in [0.29, 0.717) is 0 Å². The molecule has 1 aromatic carbocycles. The van der Waals surface area contributed by atoms with Crippen LogP contribution in [0.2, 0.25) is 0 Å². The first-order valence-electron chi connectivity index (χ1n) is 7.37. The normalized spacial score (nSPS) is 18.7. The molecule has 0 saturated carbocycles. The summed E-state index contributed by atoms with van der Waals surface area (Å²) in [6.45, 7) is 4.02. The number of benzene rings is 1. The summed E-state index contributed by atoms with van der Waals surface area (Å²) in [5, 5.41) is 3.20. The lowest BCUT2D eigenvalue weighted by Crippen LogP contribution is -2.41. The van der Waals surface area contributed by atoms with Crippen molar-refractivity contribution in [2.45, 2.75) is 50.1 Å². The van der Waals surface area contributed by atoms with Crippen molar-refractivity contribution in [1.29, 1.82) is 0 Å². The molecule has 2 rings (SSSR count). The summed E-state index contributed by atoms with van der Waals surface area (Å²) in [7, 11) is 0. The predicted octanol–water partition coefficient (Wildman–Crippen LogP) is 3.14. The maximum absolute atomic E-state index is 12.5. The van der Waals surface area contributed by atoms with Crippen LogP contribution < -0.4 is 5.32 Å². The number of carbonyl (C=O) groups is 2. The second-order valence-electron chi connectivity index (χ2n) is 5.21. The van der Waals surface area contributed by atoms with E-state index in [1.807, 2.05) is 44.4 Å². The second kappa shape index (κ2) is 6.98. The van der Waals surface area contributed by atoms with Crippen LogP contribution >= 0.6 is 11.8 Å². The molecule has 0 aliphatic carbocycles. The van der Waals surface area contributed by atoms with Crippen molar-refractivity contribution in [3.05, 3.63) is 24.3 Å². The molecule has 1 N–H and O–H groups in total. The molecule has 1 aromatic rings. The highest BCUT2D eigenvalue weighted by Crippen LogP contribution is 2.25. The molecule has 1 fully saturated rings. The van der Waals surface area contributed by atoms with Gasteiger partial charge < -0.3 is 5.32 Å². The van der Waals surface area contributed by atoms with Gasteiger partial charge in [-0.1, -0.05) is 19.9 Å². The second-order valence-corrected chi connectivity index (χ2v) is 6.08. The molecule has 1 aliphatic rings. The van der Waals surface area contributed by atoms with E-state index in [-0.39, 0.29) is 24.3 Å². The maximum atomic E-state index is 12.5. The minimum atomic E-state index is -0.435. The van der Waals surface area contributed by atoms with Crippen molar-refractivity contribution in [2.24, 2.45) is 0 Å². The Kier molecular flexibility index (Phi) is 5.28. The topological polar surface area (TPSA) is 49.4 Å². The molecule has 2 amide bonds. The van der Waals surface area contributed by atoms with Crippen LogP contribution in [0.3, 0.4) is 0 Å². The molecule has 1 aliphatic heterocycles. The number of hydrogen-bond acceptors (Lipinski definition) is 4. The first kappa shape index (κ1) is 15.9. The fraction of sp³-hybridized carbons (Fsp3) is 0.500. The highest BCUT2D eigenvalue weighted by Gasteiger charge is 2.41. The van der Waals surface area contributed by atoms with Gasteiger partial charge in [-0.15, -0.1) is 11.8 Å². The minimum absolute atomic E-state index is 0.0225. The molecule has 0 spiro atoms. The summed E-state index contributed by atoms with van der Waals surface area (Å²) in [6, 6.07) is 7.49. The van der Waals surface area contributed by atoms with Crippen molar-refractivity contribution < 1.29 is 9.59 Å². The van der Waals surface area contributed by atoms with Gasteiger partial charge in [0.1, 0.15) is 6.04 Å². The molecule has 5 heteroatoms. The summed E-state index contributed by atoms with van der Waals surface area (Å²) in [5.41, 5.74) is 0.888. The number of hydrogen-bond donors (Lipinski definition) is 1. The average molecular weight is 306 g/mol. The summed E-state index contributed by atoms with van der Waals surface area (Å²) in [4.78, 5) is 27.2. The lowest BCUT2D eigenvalue weighted by atomic mass is 10.1. The minimum Gasteiger partial charge on any atom is -0.373 e. The van der Waals surface area contributed by atoms with Crippen molar-refractivity contribution in [3.63, 3.8) is 0 Å². The lowest BCUT2D eigenvalue weighted by molar-refractivity contribution is -0.141. The van der Waals surface area contributed by atoms with Crippen LogP contribution in [0.4, 0.5) is 5.69 Å². The quantitative estimate of drug-likeness (QED) is 0.648. The zero-order valence-corrected chi connectivity index (χ0v) is 13.6. The van der Waals surface area contributed by atoms with E-state index in [0.717, 1.165) is 23.4 Å². The van der Waals surface area contributed by atoms with Crippen LogP contribution in [0.15, 0.2) is 29.2 Å². The van der Waals surface area contributed by atoms with Crippen molar-refractivity contribution in [3.8, 4) is 0 Å². The summed E-state index contributed by atoms with van der Waals surface area (Å²) < 4.78 is 0. The standard InChI is InChI=1S/C16H22N2O2S/c1-4-12(5-2)18-15(19)10-14(16(18)20)17-11-7-6-8-13(9-11)21-3/h6-9,12,14,17H,4-5,10H2,1-3H3. The molecule has 4 nitrogen and oxygen atoms in total. The van der Waals surface area contributed by atoms with Crippen LogP contribution in [0, 0.1) is 0 Å². The van der Waals surface area contributed by atoms with E-state index < -0.39 is 6.04 Å². The van der Waals surface area contributed by atoms with Gasteiger partial charge in [0.25, 0.3) is 5.91 Å². The van der Waals surface area contributed by atoms with Gasteiger partial charge in [-0.2, -0.15) is 0 Å². The Morgan fingerprint density at radius 1 is 1.33 bits per heavy atom. The molecule has 1 heterocycles. The van der Waals surface area contributed by atoms with Crippen LogP contribution in [-0.2, 0) is 9.59 Å². The third-order valence-corrected chi connectivity index (χ3v) is 4.63. The Balaban J connectivity index is 2.11. The maximum Gasteiger partial charge on any atom is 0.252 e. The molecule has 1 unspecified atom stereocenters. The number of thioether (sulfide) groups is 1. The SMILES string of the molecule is CCC(CC)N1C(=O)CC(Nc2cccc(SC)c2)C1=O. The van der Waals surface area contributed by atoms with Gasteiger partial charge in [0.15, 0.2) is 0 Å². The van der Waals surface area contributed by atoms with E-state index >= 15 is 0 Å². The number of anilines is 1. The van der Waals surface area contributed by atoms with Crippen LogP contribution in [0.25, 0.3) is 0 Å². The van der Waals surface area contributed by atoms with Gasteiger partial charge in [0.05, 0.1) is 6.42 Å².